The lowest BCUT2D eigenvalue weighted by Crippen LogP contribution is -2.22. The highest BCUT2D eigenvalue weighted by Crippen LogP contribution is 2.20. The van der Waals surface area contributed by atoms with Crippen LogP contribution in [0.25, 0.3) is 0 Å². The highest BCUT2D eigenvalue weighted by Gasteiger charge is 2.05. The van der Waals surface area contributed by atoms with E-state index in [-0.39, 0.29) is 18.4 Å². The van der Waals surface area contributed by atoms with Crippen molar-refractivity contribution in [3.8, 4) is 0 Å². The molecule has 0 saturated carbocycles. The molecule has 24 heavy (non-hydrogen) atoms. The molecule has 0 radical (unpaired) electrons. The van der Waals surface area contributed by atoms with Crippen molar-refractivity contribution in [2.75, 3.05) is 22.5 Å². The Labute approximate surface area is 146 Å². The summed E-state index contributed by atoms with van der Waals surface area (Å²) in [5, 5.41) is 9.23. The molecule has 3 N–H and O–H groups in total. The molecule has 0 bridgehead atoms. The molecule has 2 aromatic carbocycles. The maximum absolute atomic E-state index is 12.0. The van der Waals surface area contributed by atoms with Gasteiger partial charge in [0.05, 0.1) is 6.54 Å². The molecule has 0 aromatic heterocycles. The lowest BCUT2D eigenvalue weighted by molar-refractivity contribution is -0.116. The van der Waals surface area contributed by atoms with Gasteiger partial charge in [-0.25, -0.2) is 0 Å². The molecule has 0 spiro atoms. The van der Waals surface area contributed by atoms with Crippen LogP contribution in [0.1, 0.15) is 18.9 Å². The summed E-state index contributed by atoms with van der Waals surface area (Å²) in [5.41, 5.74) is 3.21. The molecule has 0 unspecified atom stereocenters. The Morgan fingerprint density at radius 3 is 2.12 bits per heavy atom. The summed E-state index contributed by atoms with van der Waals surface area (Å²) in [4.78, 5) is 23.3. The quantitative estimate of drug-likeness (QED) is 0.739. The molecule has 0 aliphatic carbocycles. The van der Waals surface area contributed by atoms with E-state index in [0.717, 1.165) is 11.3 Å². The van der Waals surface area contributed by atoms with Crippen LogP contribution in [0.3, 0.4) is 0 Å². The first-order valence-electron chi connectivity index (χ1n) is 7.67. The van der Waals surface area contributed by atoms with Crippen LogP contribution in [0.15, 0.2) is 42.5 Å². The summed E-state index contributed by atoms with van der Waals surface area (Å²) in [6.45, 7) is 3.87. The van der Waals surface area contributed by atoms with E-state index in [1.165, 1.54) is 0 Å². The van der Waals surface area contributed by atoms with Gasteiger partial charge in [-0.05, 0) is 48.9 Å². The Kier molecular flexibility index (Phi) is 6.21. The molecule has 2 amide bonds. The fraction of sp³-hybridized carbons (Fsp3) is 0.222. The third-order valence-electron chi connectivity index (χ3n) is 3.41. The Balaban J connectivity index is 1.88. The zero-order chi connectivity index (χ0) is 17.5. The highest BCUT2D eigenvalue weighted by atomic mass is 35.5. The van der Waals surface area contributed by atoms with E-state index in [1.807, 2.05) is 13.0 Å². The number of benzene rings is 2. The number of anilines is 3. The van der Waals surface area contributed by atoms with Gasteiger partial charge in [-0.3, -0.25) is 9.59 Å². The lowest BCUT2D eigenvalue weighted by Gasteiger charge is -2.11. The first kappa shape index (κ1) is 17.8. The van der Waals surface area contributed by atoms with E-state index in [2.05, 4.69) is 16.0 Å². The topological polar surface area (TPSA) is 70.2 Å². The summed E-state index contributed by atoms with van der Waals surface area (Å²) in [5.74, 6) is -0.215. The number of hydrogen-bond donors (Lipinski definition) is 3. The Hall–Kier alpha value is -2.53. The fourth-order valence-electron chi connectivity index (χ4n) is 2.05. The molecule has 0 fully saturated rings. The van der Waals surface area contributed by atoms with Gasteiger partial charge in [0.1, 0.15) is 0 Å². The zero-order valence-electron chi connectivity index (χ0n) is 13.7. The number of aryl methyl sites for hydroxylation is 1. The van der Waals surface area contributed by atoms with Gasteiger partial charge in [0.2, 0.25) is 11.8 Å². The number of carbonyl (C=O) groups excluding carboxylic acids is 2. The van der Waals surface area contributed by atoms with Crippen LogP contribution in [0.5, 0.6) is 0 Å². The van der Waals surface area contributed by atoms with Crippen molar-refractivity contribution in [1.82, 2.24) is 0 Å². The summed E-state index contributed by atoms with van der Waals surface area (Å²) >= 11 is 5.95. The van der Waals surface area contributed by atoms with E-state index in [9.17, 15) is 9.59 Å². The van der Waals surface area contributed by atoms with Crippen LogP contribution >= 0.6 is 11.6 Å². The molecular weight excluding hydrogens is 326 g/mol. The van der Waals surface area contributed by atoms with Gasteiger partial charge in [0.25, 0.3) is 0 Å². The maximum Gasteiger partial charge on any atom is 0.243 e. The van der Waals surface area contributed by atoms with Crippen LogP contribution in [0.4, 0.5) is 17.1 Å². The third-order valence-corrected chi connectivity index (χ3v) is 3.65. The summed E-state index contributed by atoms with van der Waals surface area (Å²) in [6.07, 6.45) is 0.424. The van der Waals surface area contributed by atoms with Crippen molar-refractivity contribution < 1.29 is 9.59 Å². The van der Waals surface area contributed by atoms with Crippen molar-refractivity contribution in [2.24, 2.45) is 0 Å². The molecule has 0 aliphatic heterocycles. The second kappa shape index (κ2) is 8.36. The molecule has 0 aliphatic rings. The van der Waals surface area contributed by atoms with Gasteiger partial charge in [-0.2, -0.15) is 0 Å². The molecule has 126 valence electrons. The van der Waals surface area contributed by atoms with E-state index in [1.54, 1.807) is 43.3 Å². The highest BCUT2D eigenvalue weighted by molar-refractivity contribution is 6.30. The Morgan fingerprint density at radius 2 is 1.54 bits per heavy atom. The number of halogens is 1. The fourth-order valence-corrected chi connectivity index (χ4v) is 2.22. The predicted octanol–water partition coefficient (Wildman–Crippen LogP) is 4.05. The lowest BCUT2D eigenvalue weighted by atomic mass is 10.2. The molecule has 5 nitrogen and oxygen atoms in total. The van der Waals surface area contributed by atoms with Crippen LogP contribution in [0.2, 0.25) is 5.02 Å². The minimum atomic E-state index is -0.167. The summed E-state index contributed by atoms with van der Waals surface area (Å²) in [6, 6.07) is 12.5. The van der Waals surface area contributed by atoms with Crippen molar-refractivity contribution >= 4 is 40.5 Å². The van der Waals surface area contributed by atoms with E-state index < -0.39 is 0 Å². The molecular formula is C18H20ClN3O2. The van der Waals surface area contributed by atoms with Crippen molar-refractivity contribution in [2.45, 2.75) is 20.3 Å². The van der Waals surface area contributed by atoms with Crippen molar-refractivity contribution in [1.29, 1.82) is 0 Å². The Bertz CT molecular complexity index is 730. The minimum absolute atomic E-state index is 0.0483. The first-order valence-corrected chi connectivity index (χ1v) is 8.05. The number of rotatable bonds is 6. The standard InChI is InChI=1S/C18H20ClN3O2/c1-3-17(23)21-14-6-8-15(9-7-14)22-18(24)11-20-16-10-13(19)5-4-12(16)2/h4-10,20H,3,11H2,1-2H3,(H,21,23)(H,22,24). The molecule has 2 rings (SSSR count). The van der Waals surface area contributed by atoms with Gasteiger partial charge in [-0.1, -0.05) is 24.6 Å². The molecule has 0 atom stereocenters. The number of hydrogen-bond acceptors (Lipinski definition) is 3. The molecule has 0 heterocycles. The van der Waals surface area contributed by atoms with E-state index in [4.69, 9.17) is 11.6 Å². The second-order valence-corrected chi connectivity index (χ2v) is 5.78. The van der Waals surface area contributed by atoms with Gasteiger partial charge < -0.3 is 16.0 Å². The van der Waals surface area contributed by atoms with Gasteiger partial charge in [0.15, 0.2) is 0 Å². The zero-order valence-corrected chi connectivity index (χ0v) is 14.4. The van der Waals surface area contributed by atoms with Crippen molar-refractivity contribution in [3.05, 3.63) is 53.1 Å². The van der Waals surface area contributed by atoms with Gasteiger partial charge >= 0.3 is 0 Å². The van der Waals surface area contributed by atoms with Crippen LogP contribution in [-0.4, -0.2) is 18.4 Å². The number of carbonyl (C=O) groups is 2. The summed E-state index contributed by atoms with van der Waals surface area (Å²) in [7, 11) is 0. The number of amides is 2. The van der Waals surface area contributed by atoms with Crippen LogP contribution < -0.4 is 16.0 Å². The van der Waals surface area contributed by atoms with Crippen molar-refractivity contribution in [3.63, 3.8) is 0 Å². The van der Waals surface area contributed by atoms with Gasteiger partial charge in [0, 0.05) is 28.5 Å². The van der Waals surface area contributed by atoms with Crippen LogP contribution in [-0.2, 0) is 9.59 Å². The smallest absolute Gasteiger partial charge is 0.243 e. The normalized spacial score (nSPS) is 10.1. The average Bonchev–Trinajstić information content (AvgIpc) is 2.57. The molecule has 2 aromatic rings. The Morgan fingerprint density at radius 1 is 0.958 bits per heavy atom. The van der Waals surface area contributed by atoms with E-state index >= 15 is 0 Å². The third kappa shape index (κ3) is 5.28. The largest absolute Gasteiger partial charge is 0.376 e. The monoisotopic (exact) mass is 345 g/mol. The van der Waals surface area contributed by atoms with Gasteiger partial charge in [-0.15, -0.1) is 0 Å². The second-order valence-electron chi connectivity index (χ2n) is 5.34. The predicted molar refractivity (Wildman–Crippen MR) is 98.7 cm³/mol. The van der Waals surface area contributed by atoms with E-state index in [0.29, 0.717) is 22.8 Å². The SMILES string of the molecule is CCC(=O)Nc1ccc(NC(=O)CNc2cc(Cl)ccc2C)cc1. The first-order chi connectivity index (χ1) is 11.5. The van der Waals surface area contributed by atoms with Crippen LogP contribution in [0, 0.1) is 6.92 Å². The summed E-state index contributed by atoms with van der Waals surface area (Å²) < 4.78 is 0. The molecule has 0 saturated heterocycles. The average molecular weight is 346 g/mol. The molecule has 6 heteroatoms. The number of nitrogens with one attached hydrogen (secondary N) is 3. The maximum atomic E-state index is 12.0. The minimum Gasteiger partial charge on any atom is -0.376 e.